The summed E-state index contributed by atoms with van der Waals surface area (Å²) in [5, 5.41) is 0.270. The molecule has 2 aromatic carbocycles. The monoisotopic (exact) mass is 290 g/mol. The standard InChI is InChI=1S/C16H12ClFO2/c17-13-5-2-6-14(18)12(13)9-15(19)11-4-1-3-10-7-8-20-16(10)11/h1-6H,7-9H2. The smallest absolute Gasteiger partial charge is 0.171 e. The minimum Gasteiger partial charge on any atom is -0.492 e. The van der Waals surface area contributed by atoms with E-state index in [-0.39, 0.29) is 22.8 Å². The highest BCUT2D eigenvalue weighted by Crippen LogP contribution is 2.31. The molecule has 0 radical (unpaired) electrons. The highest BCUT2D eigenvalue weighted by molar-refractivity contribution is 6.31. The highest BCUT2D eigenvalue weighted by Gasteiger charge is 2.22. The molecule has 3 rings (SSSR count). The number of halogens is 2. The van der Waals surface area contributed by atoms with Gasteiger partial charge in [0, 0.05) is 23.4 Å². The van der Waals surface area contributed by atoms with Crippen molar-refractivity contribution in [3.05, 3.63) is 63.9 Å². The number of ether oxygens (including phenoxy) is 1. The zero-order valence-electron chi connectivity index (χ0n) is 10.7. The van der Waals surface area contributed by atoms with Gasteiger partial charge in [-0.15, -0.1) is 0 Å². The maximum Gasteiger partial charge on any atom is 0.171 e. The second-order valence-corrected chi connectivity index (χ2v) is 5.10. The van der Waals surface area contributed by atoms with E-state index in [0.717, 1.165) is 12.0 Å². The molecule has 0 N–H and O–H groups in total. The van der Waals surface area contributed by atoms with Gasteiger partial charge in [-0.3, -0.25) is 4.79 Å². The predicted molar refractivity (Wildman–Crippen MR) is 75.1 cm³/mol. The maximum atomic E-state index is 13.7. The Balaban J connectivity index is 1.93. The molecule has 1 aliphatic heterocycles. The lowest BCUT2D eigenvalue weighted by Crippen LogP contribution is -2.07. The van der Waals surface area contributed by atoms with Gasteiger partial charge in [0.1, 0.15) is 11.6 Å². The van der Waals surface area contributed by atoms with Crippen molar-refractivity contribution in [1.82, 2.24) is 0 Å². The van der Waals surface area contributed by atoms with Crippen molar-refractivity contribution in [3.63, 3.8) is 0 Å². The number of Topliss-reactive ketones (excluding diaryl/α,β-unsaturated/α-hetero) is 1. The Morgan fingerprint density at radius 2 is 2.05 bits per heavy atom. The second kappa shape index (κ2) is 5.25. The van der Waals surface area contributed by atoms with Crippen LogP contribution in [0.25, 0.3) is 0 Å². The molecule has 0 fully saturated rings. The van der Waals surface area contributed by atoms with Crippen LogP contribution < -0.4 is 4.74 Å². The van der Waals surface area contributed by atoms with Gasteiger partial charge in [0.25, 0.3) is 0 Å². The summed E-state index contributed by atoms with van der Waals surface area (Å²) in [5.74, 6) is -0.0138. The Hall–Kier alpha value is -1.87. The lowest BCUT2D eigenvalue weighted by Gasteiger charge is -2.08. The van der Waals surface area contributed by atoms with Crippen molar-refractivity contribution in [2.24, 2.45) is 0 Å². The third-order valence-electron chi connectivity index (χ3n) is 3.41. The molecule has 0 aliphatic carbocycles. The van der Waals surface area contributed by atoms with E-state index < -0.39 is 5.82 Å². The first-order chi connectivity index (χ1) is 9.66. The third-order valence-corrected chi connectivity index (χ3v) is 3.77. The number of rotatable bonds is 3. The predicted octanol–water partition coefficient (Wildman–Crippen LogP) is 3.84. The lowest BCUT2D eigenvalue weighted by molar-refractivity contribution is 0.0989. The summed E-state index contributed by atoms with van der Waals surface area (Å²) in [4.78, 5) is 12.4. The second-order valence-electron chi connectivity index (χ2n) is 4.69. The largest absolute Gasteiger partial charge is 0.492 e. The Morgan fingerprint density at radius 3 is 2.85 bits per heavy atom. The van der Waals surface area contributed by atoms with Crippen LogP contribution in [0, 0.1) is 5.82 Å². The molecule has 0 spiro atoms. The molecule has 0 aromatic heterocycles. The quantitative estimate of drug-likeness (QED) is 0.803. The molecular formula is C16H12ClFO2. The summed E-state index contributed by atoms with van der Waals surface area (Å²) in [6.07, 6.45) is 0.738. The van der Waals surface area contributed by atoms with Crippen LogP contribution in [0.4, 0.5) is 4.39 Å². The summed E-state index contributed by atoms with van der Waals surface area (Å²) >= 11 is 5.95. The van der Waals surface area contributed by atoms with E-state index in [1.807, 2.05) is 12.1 Å². The summed E-state index contributed by atoms with van der Waals surface area (Å²) in [6.45, 7) is 0.583. The Bertz CT molecular complexity index is 662. The highest BCUT2D eigenvalue weighted by atomic mass is 35.5. The summed E-state index contributed by atoms with van der Waals surface area (Å²) in [7, 11) is 0. The lowest BCUT2D eigenvalue weighted by atomic mass is 9.99. The number of ketones is 1. The van der Waals surface area contributed by atoms with E-state index in [1.54, 1.807) is 12.1 Å². The fourth-order valence-corrected chi connectivity index (χ4v) is 2.62. The first-order valence-corrected chi connectivity index (χ1v) is 6.75. The number of carbonyl (C=O) groups excluding carboxylic acids is 1. The fraction of sp³-hybridized carbons (Fsp3) is 0.188. The van der Waals surface area contributed by atoms with Gasteiger partial charge in [0.15, 0.2) is 5.78 Å². The molecule has 1 aliphatic rings. The number of hydrogen-bond donors (Lipinski definition) is 0. The molecular weight excluding hydrogens is 279 g/mol. The average Bonchev–Trinajstić information content (AvgIpc) is 2.91. The summed E-state index contributed by atoms with van der Waals surface area (Å²) in [5.41, 5.74) is 1.75. The maximum absolute atomic E-state index is 13.7. The molecule has 2 nitrogen and oxygen atoms in total. The average molecular weight is 291 g/mol. The van der Waals surface area contributed by atoms with Crippen molar-refractivity contribution in [2.75, 3.05) is 6.61 Å². The van der Waals surface area contributed by atoms with Crippen LogP contribution in [-0.4, -0.2) is 12.4 Å². The van der Waals surface area contributed by atoms with Gasteiger partial charge in [0.05, 0.1) is 12.2 Å². The number of benzene rings is 2. The van der Waals surface area contributed by atoms with Crippen molar-refractivity contribution < 1.29 is 13.9 Å². The minimum atomic E-state index is -0.459. The van der Waals surface area contributed by atoms with E-state index in [0.29, 0.717) is 17.9 Å². The topological polar surface area (TPSA) is 26.3 Å². The van der Waals surface area contributed by atoms with E-state index in [1.165, 1.54) is 12.1 Å². The van der Waals surface area contributed by atoms with Gasteiger partial charge in [0.2, 0.25) is 0 Å². The van der Waals surface area contributed by atoms with Crippen molar-refractivity contribution in [1.29, 1.82) is 0 Å². The molecule has 0 bridgehead atoms. The molecule has 1 heterocycles. The van der Waals surface area contributed by atoms with Crippen LogP contribution in [0.15, 0.2) is 36.4 Å². The van der Waals surface area contributed by atoms with Crippen molar-refractivity contribution >= 4 is 17.4 Å². The van der Waals surface area contributed by atoms with E-state index in [2.05, 4.69) is 0 Å². The molecule has 0 unspecified atom stereocenters. The number of fused-ring (bicyclic) bond motifs is 1. The zero-order valence-corrected chi connectivity index (χ0v) is 11.4. The minimum absolute atomic E-state index is 0.0642. The molecule has 0 atom stereocenters. The number of carbonyl (C=O) groups is 1. The molecule has 0 saturated heterocycles. The van der Waals surface area contributed by atoms with Gasteiger partial charge in [-0.1, -0.05) is 29.8 Å². The normalized spacial score (nSPS) is 12.9. The van der Waals surface area contributed by atoms with Crippen molar-refractivity contribution in [2.45, 2.75) is 12.8 Å². The van der Waals surface area contributed by atoms with Crippen LogP contribution in [0.2, 0.25) is 5.02 Å². The molecule has 0 saturated carbocycles. The summed E-state index contributed by atoms with van der Waals surface area (Å²) < 4.78 is 19.2. The zero-order chi connectivity index (χ0) is 14.1. The van der Waals surface area contributed by atoms with Crippen molar-refractivity contribution in [3.8, 4) is 5.75 Å². The van der Waals surface area contributed by atoms with Crippen LogP contribution in [0.3, 0.4) is 0 Å². The van der Waals surface area contributed by atoms with Gasteiger partial charge in [-0.25, -0.2) is 4.39 Å². The Morgan fingerprint density at radius 1 is 1.25 bits per heavy atom. The van der Waals surface area contributed by atoms with Crippen LogP contribution in [0.5, 0.6) is 5.75 Å². The number of para-hydroxylation sites is 1. The van der Waals surface area contributed by atoms with Crippen LogP contribution in [-0.2, 0) is 12.8 Å². The van der Waals surface area contributed by atoms with Gasteiger partial charge < -0.3 is 4.74 Å². The SMILES string of the molecule is O=C(Cc1c(F)cccc1Cl)c1cccc2c1OCC2. The summed E-state index contributed by atoms with van der Waals surface area (Å²) in [6, 6.07) is 9.88. The van der Waals surface area contributed by atoms with Crippen LogP contribution >= 0.6 is 11.6 Å². The first-order valence-electron chi connectivity index (χ1n) is 6.37. The molecule has 102 valence electrons. The van der Waals surface area contributed by atoms with E-state index in [9.17, 15) is 9.18 Å². The molecule has 20 heavy (non-hydrogen) atoms. The Kier molecular flexibility index (Phi) is 3.45. The molecule has 4 heteroatoms. The number of hydrogen-bond acceptors (Lipinski definition) is 2. The Labute approximate surface area is 121 Å². The van der Waals surface area contributed by atoms with Gasteiger partial charge in [-0.05, 0) is 23.8 Å². The van der Waals surface area contributed by atoms with E-state index >= 15 is 0 Å². The third kappa shape index (κ3) is 2.29. The van der Waals surface area contributed by atoms with E-state index in [4.69, 9.17) is 16.3 Å². The fourth-order valence-electron chi connectivity index (χ4n) is 2.39. The van der Waals surface area contributed by atoms with Crippen LogP contribution in [0.1, 0.15) is 21.5 Å². The molecule has 0 amide bonds. The molecule has 2 aromatic rings. The van der Waals surface area contributed by atoms with Gasteiger partial charge in [-0.2, -0.15) is 0 Å². The van der Waals surface area contributed by atoms with Gasteiger partial charge >= 0.3 is 0 Å². The first kappa shape index (κ1) is 13.1.